The fourth-order valence-electron chi connectivity index (χ4n) is 2.09. The lowest BCUT2D eigenvalue weighted by Crippen LogP contribution is -2.24. The lowest BCUT2D eigenvalue weighted by Gasteiger charge is -2.08. The van der Waals surface area contributed by atoms with E-state index in [9.17, 15) is 18.0 Å². The summed E-state index contributed by atoms with van der Waals surface area (Å²) in [5.74, 6) is -4.80. The topological polar surface area (TPSA) is 41.1 Å². The number of anilines is 1. The van der Waals surface area contributed by atoms with Crippen LogP contribution in [0.25, 0.3) is 0 Å². The second-order valence-electron chi connectivity index (χ2n) is 5.15. The number of rotatable bonds is 7. The maximum absolute atomic E-state index is 13.4. The lowest BCUT2D eigenvalue weighted by atomic mass is 10.1. The Kier molecular flexibility index (Phi) is 6.63. The van der Waals surface area contributed by atoms with Crippen LogP contribution in [-0.2, 0) is 11.2 Å². The van der Waals surface area contributed by atoms with Gasteiger partial charge in [0.15, 0.2) is 17.5 Å². The Balaban J connectivity index is 1.71. The summed E-state index contributed by atoms with van der Waals surface area (Å²) in [7, 11) is 0. The van der Waals surface area contributed by atoms with Crippen molar-refractivity contribution in [3.8, 4) is 0 Å². The largest absolute Gasteiger partial charge is 0.323 e. The van der Waals surface area contributed by atoms with E-state index in [1.54, 1.807) is 6.07 Å². The van der Waals surface area contributed by atoms with Crippen molar-refractivity contribution in [2.45, 2.75) is 12.8 Å². The summed E-state index contributed by atoms with van der Waals surface area (Å²) in [5.41, 5.74) is 0.695. The maximum Gasteiger partial charge on any atom is 0.225 e. The van der Waals surface area contributed by atoms with Gasteiger partial charge in [-0.2, -0.15) is 0 Å². The predicted molar refractivity (Wildman–Crippen MR) is 87.6 cm³/mol. The Bertz CT molecular complexity index is 725. The van der Waals surface area contributed by atoms with E-state index < -0.39 is 23.4 Å². The first-order valence-corrected chi connectivity index (χ1v) is 7.73. The van der Waals surface area contributed by atoms with Gasteiger partial charge in [-0.05, 0) is 42.8 Å². The molecule has 128 valence electrons. The van der Waals surface area contributed by atoms with Crippen LogP contribution in [0.3, 0.4) is 0 Å². The van der Waals surface area contributed by atoms with E-state index in [1.807, 2.05) is 18.2 Å². The number of amides is 1. The summed E-state index contributed by atoms with van der Waals surface area (Å²) in [5, 5.41) is 5.96. The van der Waals surface area contributed by atoms with Crippen molar-refractivity contribution in [1.82, 2.24) is 5.32 Å². The van der Waals surface area contributed by atoms with Gasteiger partial charge >= 0.3 is 0 Å². The van der Waals surface area contributed by atoms with E-state index in [0.29, 0.717) is 18.1 Å². The Morgan fingerprint density at radius 2 is 1.83 bits per heavy atom. The first kappa shape index (κ1) is 18.3. The summed E-state index contributed by atoms with van der Waals surface area (Å²) in [6, 6.07) is 9.21. The molecule has 0 heterocycles. The van der Waals surface area contributed by atoms with Crippen molar-refractivity contribution < 1.29 is 18.0 Å². The zero-order valence-electron chi connectivity index (χ0n) is 12.7. The predicted octanol–water partition coefficient (Wildman–Crippen LogP) is 3.92. The standard InChI is InChI=1S/C17H16ClF3N2O/c18-12-3-1-2-11(10-12)6-8-22-9-7-15(24)23-14-5-4-13(19)16(20)17(14)21/h1-5,10,22H,6-9H2,(H,23,24). The van der Waals surface area contributed by atoms with Crippen molar-refractivity contribution in [1.29, 1.82) is 0 Å². The fourth-order valence-corrected chi connectivity index (χ4v) is 2.30. The number of benzene rings is 2. The fraction of sp³-hybridized carbons (Fsp3) is 0.235. The number of carbonyl (C=O) groups is 1. The van der Waals surface area contributed by atoms with Crippen molar-refractivity contribution in [3.63, 3.8) is 0 Å². The van der Waals surface area contributed by atoms with Crippen molar-refractivity contribution in [2.75, 3.05) is 18.4 Å². The van der Waals surface area contributed by atoms with Gasteiger partial charge in [0.2, 0.25) is 5.91 Å². The molecule has 0 aliphatic heterocycles. The number of halogens is 4. The van der Waals surface area contributed by atoms with Crippen molar-refractivity contribution in [2.24, 2.45) is 0 Å². The molecular weight excluding hydrogens is 341 g/mol. The number of hydrogen-bond donors (Lipinski definition) is 2. The molecule has 0 saturated carbocycles. The van der Waals surface area contributed by atoms with Crippen LogP contribution in [0.2, 0.25) is 5.02 Å². The summed E-state index contributed by atoms with van der Waals surface area (Å²) < 4.78 is 39.3. The third-order valence-electron chi connectivity index (χ3n) is 3.32. The molecule has 0 bridgehead atoms. The molecule has 0 spiro atoms. The van der Waals surface area contributed by atoms with E-state index in [4.69, 9.17) is 11.6 Å². The molecule has 1 amide bonds. The summed E-state index contributed by atoms with van der Waals surface area (Å²) >= 11 is 5.88. The number of nitrogens with one attached hydrogen (secondary N) is 2. The molecule has 2 aromatic rings. The average Bonchev–Trinajstić information content (AvgIpc) is 2.55. The van der Waals surface area contributed by atoms with Crippen LogP contribution in [0, 0.1) is 17.5 Å². The quantitative estimate of drug-likeness (QED) is 0.583. The number of carbonyl (C=O) groups excluding carboxylic acids is 1. The minimum absolute atomic E-state index is 0.0774. The van der Waals surface area contributed by atoms with Gasteiger partial charge in [0.05, 0.1) is 5.69 Å². The van der Waals surface area contributed by atoms with Crippen LogP contribution in [0.5, 0.6) is 0 Å². The van der Waals surface area contributed by atoms with Gasteiger partial charge in [0, 0.05) is 18.0 Å². The molecule has 2 N–H and O–H groups in total. The summed E-state index contributed by atoms with van der Waals surface area (Å²) in [4.78, 5) is 11.7. The van der Waals surface area contributed by atoms with Gasteiger partial charge in [-0.3, -0.25) is 4.79 Å². The molecule has 3 nitrogen and oxygen atoms in total. The molecular formula is C17H16ClF3N2O. The Morgan fingerprint density at radius 3 is 2.58 bits per heavy atom. The monoisotopic (exact) mass is 356 g/mol. The minimum Gasteiger partial charge on any atom is -0.323 e. The SMILES string of the molecule is O=C(CCNCCc1cccc(Cl)c1)Nc1ccc(F)c(F)c1F. The van der Waals surface area contributed by atoms with E-state index in [-0.39, 0.29) is 12.1 Å². The Labute approximate surface area is 142 Å². The molecule has 24 heavy (non-hydrogen) atoms. The van der Waals surface area contributed by atoms with Crippen molar-refractivity contribution >= 4 is 23.2 Å². The summed E-state index contributed by atoms with van der Waals surface area (Å²) in [6.45, 7) is 1.02. The molecule has 0 aliphatic carbocycles. The lowest BCUT2D eigenvalue weighted by molar-refractivity contribution is -0.116. The van der Waals surface area contributed by atoms with E-state index in [1.165, 1.54) is 0 Å². The highest BCUT2D eigenvalue weighted by Gasteiger charge is 2.14. The Hall–Kier alpha value is -2.05. The molecule has 0 atom stereocenters. The van der Waals surface area contributed by atoms with Gasteiger partial charge in [0.1, 0.15) is 0 Å². The van der Waals surface area contributed by atoms with Crippen molar-refractivity contribution in [3.05, 3.63) is 64.4 Å². The zero-order valence-corrected chi connectivity index (χ0v) is 13.5. The van der Waals surface area contributed by atoms with Gasteiger partial charge in [-0.1, -0.05) is 23.7 Å². The van der Waals surface area contributed by atoms with Crippen LogP contribution in [-0.4, -0.2) is 19.0 Å². The molecule has 2 aromatic carbocycles. The molecule has 0 aliphatic rings. The zero-order chi connectivity index (χ0) is 17.5. The van der Waals surface area contributed by atoms with Gasteiger partial charge in [-0.15, -0.1) is 0 Å². The van der Waals surface area contributed by atoms with Gasteiger partial charge in [-0.25, -0.2) is 13.2 Å². The highest BCUT2D eigenvalue weighted by Crippen LogP contribution is 2.19. The molecule has 0 fully saturated rings. The van der Waals surface area contributed by atoms with Crippen LogP contribution >= 0.6 is 11.6 Å². The summed E-state index contributed by atoms with van der Waals surface area (Å²) in [6.07, 6.45) is 0.827. The third kappa shape index (κ3) is 5.25. The molecule has 0 saturated heterocycles. The molecule has 7 heteroatoms. The highest BCUT2D eigenvalue weighted by atomic mass is 35.5. The molecule has 0 radical (unpaired) electrons. The van der Waals surface area contributed by atoms with Gasteiger partial charge < -0.3 is 10.6 Å². The van der Waals surface area contributed by atoms with Crippen LogP contribution in [0.4, 0.5) is 18.9 Å². The van der Waals surface area contributed by atoms with Crippen LogP contribution in [0.1, 0.15) is 12.0 Å². The average molecular weight is 357 g/mol. The second-order valence-corrected chi connectivity index (χ2v) is 5.59. The molecule has 0 aromatic heterocycles. The Morgan fingerprint density at radius 1 is 1.04 bits per heavy atom. The van der Waals surface area contributed by atoms with Crippen LogP contribution in [0.15, 0.2) is 36.4 Å². The third-order valence-corrected chi connectivity index (χ3v) is 3.55. The molecule has 0 unspecified atom stereocenters. The van der Waals surface area contributed by atoms with E-state index in [2.05, 4.69) is 10.6 Å². The number of hydrogen-bond acceptors (Lipinski definition) is 2. The minimum atomic E-state index is -1.60. The van der Waals surface area contributed by atoms with Gasteiger partial charge in [0.25, 0.3) is 0 Å². The van der Waals surface area contributed by atoms with Crippen LogP contribution < -0.4 is 10.6 Å². The van der Waals surface area contributed by atoms with E-state index in [0.717, 1.165) is 24.1 Å². The molecule has 2 rings (SSSR count). The smallest absolute Gasteiger partial charge is 0.225 e. The maximum atomic E-state index is 13.4. The van der Waals surface area contributed by atoms with E-state index >= 15 is 0 Å². The second kappa shape index (κ2) is 8.70. The highest BCUT2D eigenvalue weighted by molar-refractivity contribution is 6.30. The first-order valence-electron chi connectivity index (χ1n) is 7.36. The normalized spacial score (nSPS) is 10.7. The first-order chi connectivity index (χ1) is 11.5.